The monoisotopic (exact) mass is 241 g/mol. The average Bonchev–Trinajstić information content (AvgIpc) is 2.58. The average molecular weight is 242 g/mol. The van der Waals surface area contributed by atoms with Crippen LogP contribution in [0.15, 0.2) is 18.2 Å². The first-order valence-corrected chi connectivity index (χ1v) is 6.15. The van der Waals surface area contributed by atoms with Crippen LogP contribution in [0, 0.1) is 11.2 Å². The second kappa shape index (κ2) is 4.25. The number of alkyl halides is 1. The molecule has 3 heteroatoms. The molecule has 0 amide bonds. The second-order valence-corrected chi connectivity index (χ2v) is 5.52. The van der Waals surface area contributed by atoms with Gasteiger partial charge >= 0.3 is 0 Å². The van der Waals surface area contributed by atoms with Gasteiger partial charge in [0.15, 0.2) is 0 Å². The first-order valence-electron chi connectivity index (χ1n) is 5.61. The van der Waals surface area contributed by atoms with Gasteiger partial charge < -0.3 is 4.90 Å². The lowest BCUT2D eigenvalue weighted by atomic mass is 9.93. The zero-order valence-electron chi connectivity index (χ0n) is 9.76. The highest BCUT2D eigenvalue weighted by atomic mass is 35.5. The fraction of sp³-hybridized carbons (Fsp3) is 0.538. The summed E-state index contributed by atoms with van der Waals surface area (Å²) < 4.78 is 13.8. The fourth-order valence-corrected chi connectivity index (χ4v) is 2.37. The summed E-state index contributed by atoms with van der Waals surface area (Å²) in [4.78, 5) is 2.12. The summed E-state index contributed by atoms with van der Waals surface area (Å²) >= 11 is 5.68. The highest BCUT2D eigenvalue weighted by Crippen LogP contribution is 2.33. The van der Waals surface area contributed by atoms with E-state index in [1.807, 2.05) is 12.1 Å². The van der Waals surface area contributed by atoms with Crippen LogP contribution >= 0.6 is 11.6 Å². The lowest BCUT2D eigenvalue weighted by molar-refractivity contribution is 0.418. The fourth-order valence-electron chi connectivity index (χ4n) is 2.21. The molecule has 16 heavy (non-hydrogen) atoms. The van der Waals surface area contributed by atoms with Crippen LogP contribution in [-0.2, 0) is 5.88 Å². The van der Waals surface area contributed by atoms with Crippen LogP contribution in [0.3, 0.4) is 0 Å². The summed E-state index contributed by atoms with van der Waals surface area (Å²) in [6.07, 6.45) is 1.11. The van der Waals surface area contributed by atoms with Crippen LogP contribution in [-0.4, -0.2) is 13.1 Å². The van der Waals surface area contributed by atoms with Gasteiger partial charge in [-0.3, -0.25) is 0 Å². The van der Waals surface area contributed by atoms with Crippen molar-refractivity contribution in [1.29, 1.82) is 0 Å². The molecule has 1 aromatic rings. The quantitative estimate of drug-likeness (QED) is 0.712. The number of halogens is 2. The van der Waals surface area contributed by atoms with Crippen LogP contribution in [0.4, 0.5) is 10.1 Å². The molecule has 1 saturated heterocycles. The first kappa shape index (κ1) is 11.7. The molecule has 0 radical (unpaired) electrons. The van der Waals surface area contributed by atoms with Gasteiger partial charge in [0.25, 0.3) is 0 Å². The molecule has 1 heterocycles. The van der Waals surface area contributed by atoms with E-state index >= 15 is 0 Å². The van der Waals surface area contributed by atoms with Gasteiger partial charge in [-0.05, 0) is 29.5 Å². The molecule has 0 unspecified atom stereocenters. The highest BCUT2D eigenvalue weighted by Gasteiger charge is 2.30. The van der Waals surface area contributed by atoms with E-state index in [1.54, 1.807) is 0 Å². The Bertz CT molecular complexity index is 390. The summed E-state index contributed by atoms with van der Waals surface area (Å²) in [6, 6.07) is 5.28. The standard InChI is InChI=1S/C13H17ClFN/c1-13(2)5-6-16(9-13)12-4-3-10(8-14)7-11(12)15/h3-4,7H,5-6,8-9H2,1-2H3. The Balaban J connectivity index is 2.22. The highest BCUT2D eigenvalue weighted by molar-refractivity contribution is 6.17. The molecule has 1 aromatic carbocycles. The minimum absolute atomic E-state index is 0.157. The van der Waals surface area contributed by atoms with Crippen molar-refractivity contribution < 1.29 is 4.39 Å². The van der Waals surface area contributed by atoms with E-state index in [4.69, 9.17) is 11.6 Å². The molecule has 0 saturated carbocycles. The van der Waals surface area contributed by atoms with Crippen molar-refractivity contribution in [2.45, 2.75) is 26.1 Å². The predicted molar refractivity (Wildman–Crippen MR) is 66.6 cm³/mol. The number of nitrogens with zero attached hydrogens (tertiary/aromatic N) is 1. The summed E-state index contributed by atoms with van der Waals surface area (Å²) in [6.45, 7) is 6.30. The van der Waals surface area contributed by atoms with Gasteiger partial charge in [-0.15, -0.1) is 11.6 Å². The third-order valence-electron chi connectivity index (χ3n) is 3.18. The maximum absolute atomic E-state index is 13.8. The lowest BCUT2D eigenvalue weighted by Gasteiger charge is -2.22. The van der Waals surface area contributed by atoms with E-state index in [-0.39, 0.29) is 11.2 Å². The third-order valence-corrected chi connectivity index (χ3v) is 3.49. The molecule has 88 valence electrons. The molecule has 0 aromatic heterocycles. The molecule has 0 bridgehead atoms. The number of benzene rings is 1. The molecule has 1 nitrogen and oxygen atoms in total. The molecular formula is C13H17ClFN. The van der Waals surface area contributed by atoms with E-state index in [9.17, 15) is 4.39 Å². The van der Waals surface area contributed by atoms with Crippen molar-refractivity contribution in [2.24, 2.45) is 5.41 Å². The Morgan fingerprint density at radius 1 is 1.44 bits per heavy atom. The van der Waals surface area contributed by atoms with Crippen molar-refractivity contribution >= 4 is 17.3 Å². The molecule has 1 aliphatic rings. The predicted octanol–water partition coefficient (Wildman–Crippen LogP) is 3.80. The summed E-state index contributed by atoms with van der Waals surface area (Å²) in [7, 11) is 0. The van der Waals surface area contributed by atoms with E-state index < -0.39 is 0 Å². The van der Waals surface area contributed by atoms with Crippen LogP contribution in [0.2, 0.25) is 0 Å². The van der Waals surface area contributed by atoms with Crippen molar-refractivity contribution in [2.75, 3.05) is 18.0 Å². The Morgan fingerprint density at radius 3 is 2.69 bits per heavy atom. The van der Waals surface area contributed by atoms with Crippen LogP contribution in [0.1, 0.15) is 25.8 Å². The van der Waals surface area contributed by atoms with E-state index in [0.29, 0.717) is 11.6 Å². The van der Waals surface area contributed by atoms with Gasteiger partial charge in [0, 0.05) is 19.0 Å². The Morgan fingerprint density at radius 2 is 2.19 bits per heavy atom. The largest absolute Gasteiger partial charge is 0.369 e. The van der Waals surface area contributed by atoms with E-state index in [1.165, 1.54) is 6.07 Å². The Labute approximate surface area is 101 Å². The Kier molecular flexibility index (Phi) is 3.11. The second-order valence-electron chi connectivity index (χ2n) is 5.26. The molecule has 1 fully saturated rings. The molecule has 2 rings (SSSR count). The molecule has 0 aliphatic carbocycles. The smallest absolute Gasteiger partial charge is 0.146 e. The lowest BCUT2D eigenvalue weighted by Crippen LogP contribution is -2.23. The molecular weight excluding hydrogens is 225 g/mol. The van der Waals surface area contributed by atoms with E-state index in [0.717, 1.165) is 25.1 Å². The Hall–Kier alpha value is -0.760. The zero-order chi connectivity index (χ0) is 11.8. The topological polar surface area (TPSA) is 3.24 Å². The number of anilines is 1. The first-order chi connectivity index (χ1) is 7.52. The minimum Gasteiger partial charge on any atom is -0.369 e. The van der Waals surface area contributed by atoms with Crippen LogP contribution in [0.5, 0.6) is 0 Å². The van der Waals surface area contributed by atoms with Gasteiger partial charge in [-0.2, -0.15) is 0 Å². The number of hydrogen-bond acceptors (Lipinski definition) is 1. The van der Waals surface area contributed by atoms with Gasteiger partial charge in [-0.1, -0.05) is 19.9 Å². The normalized spacial score (nSPS) is 19.1. The van der Waals surface area contributed by atoms with Gasteiger partial charge in [0.2, 0.25) is 0 Å². The third kappa shape index (κ3) is 2.32. The van der Waals surface area contributed by atoms with Crippen molar-refractivity contribution in [3.05, 3.63) is 29.6 Å². The molecule has 0 spiro atoms. The molecule has 0 N–H and O–H groups in total. The minimum atomic E-state index is -0.157. The van der Waals surface area contributed by atoms with Gasteiger partial charge in [0.05, 0.1) is 5.69 Å². The summed E-state index contributed by atoms with van der Waals surface area (Å²) in [5.41, 5.74) is 1.83. The van der Waals surface area contributed by atoms with Gasteiger partial charge in [-0.25, -0.2) is 4.39 Å². The maximum atomic E-state index is 13.8. The molecule has 1 aliphatic heterocycles. The van der Waals surface area contributed by atoms with Crippen LogP contribution in [0.25, 0.3) is 0 Å². The maximum Gasteiger partial charge on any atom is 0.146 e. The summed E-state index contributed by atoms with van der Waals surface area (Å²) in [5.74, 6) is 0.207. The van der Waals surface area contributed by atoms with Crippen LogP contribution < -0.4 is 4.90 Å². The zero-order valence-corrected chi connectivity index (χ0v) is 10.5. The SMILES string of the molecule is CC1(C)CCN(c2ccc(CCl)cc2F)C1. The van der Waals surface area contributed by atoms with Crippen molar-refractivity contribution in [1.82, 2.24) is 0 Å². The number of hydrogen-bond donors (Lipinski definition) is 0. The molecule has 0 atom stereocenters. The number of rotatable bonds is 2. The van der Waals surface area contributed by atoms with E-state index in [2.05, 4.69) is 18.7 Å². The van der Waals surface area contributed by atoms with Gasteiger partial charge in [0.1, 0.15) is 5.82 Å². The van der Waals surface area contributed by atoms with Crippen molar-refractivity contribution in [3.8, 4) is 0 Å². The van der Waals surface area contributed by atoms with Crippen molar-refractivity contribution in [3.63, 3.8) is 0 Å². The summed E-state index contributed by atoms with van der Waals surface area (Å²) in [5, 5.41) is 0.